The van der Waals surface area contributed by atoms with Crippen molar-refractivity contribution >= 4 is 27.6 Å². The molecule has 6 heteroatoms. The number of hydrogen-bond donors (Lipinski definition) is 0. The minimum absolute atomic E-state index is 0.0653. The van der Waals surface area contributed by atoms with E-state index in [4.69, 9.17) is 0 Å². The van der Waals surface area contributed by atoms with Gasteiger partial charge in [0.15, 0.2) is 5.78 Å². The smallest absolute Gasteiger partial charge is 0.243 e. The second-order valence-corrected chi connectivity index (χ2v) is 7.77. The Hall–Kier alpha value is -0.850. The lowest BCUT2D eigenvalue weighted by Crippen LogP contribution is -2.36. The number of hydrogen-bond acceptors (Lipinski definition) is 4. The Kier molecular flexibility index (Phi) is 4.32. The molecule has 1 unspecified atom stereocenters. The van der Waals surface area contributed by atoms with Crippen LogP contribution in [0.25, 0.3) is 0 Å². The normalized spacial score (nSPS) is 19.8. The molecular formula is C13H17NO3S2. The third-order valence-electron chi connectivity index (χ3n) is 3.36. The van der Waals surface area contributed by atoms with E-state index in [-0.39, 0.29) is 16.7 Å². The van der Waals surface area contributed by atoms with Crippen molar-refractivity contribution in [1.82, 2.24) is 4.31 Å². The summed E-state index contributed by atoms with van der Waals surface area (Å²) in [4.78, 5) is 11.4. The molecule has 1 fully saturated rings. The van der Waals surface area contributed by atoms with E-state index in [1.165, 1.54) is 23.4 Å². The topological polar surface area (TPSA) is 54.5 Å². The Bertz CT molecular complexity index is 560. The first-order valence-corrected chi connectivity index (χ1v) is 8.69. The molecule has 1 heterocycles. The zero-order valence-electron chi connectivity index (χ0n) is 11.0. The Labute approximate surface area is 118 Å². The third kappa shape index (κ3) is 3.01. The fraction of sp³-hybridized carbons (Fsp3) is 0.462. The van der Waals surface area contributed by atoms with Gasteiger partial charge < -0.3 is 0 Å². The largest absolute Gasteiger partial charge is 0.295 e. The Morgan fingerprint density at radius 1 is 1.32 bits per heavy atom. The predicted molar refractivity (Wildman–Crippen MR) is 77.1 cm³/mol. The number of rotatable bonds is 4. The molecule has 4 nitrogen and oxygen atoms in total. The van der Waals surface area contributed by atoms with Crippen molar-refractivity contribution in [2.24, 2.45) is 0 Å². The molecule has 0 radical (unpaired) electrons. The van der Waals surface area contributed by atoms with Gasteiger partial charge in [-0.1, -0.05) is 12.1 Å². The van der Waals surface area contributed by atoms with E-state index in [0.29, 0.717) is 5.56 Å². The van der Waals surface area contributed by atoms with Gasteiger partial charge >= 0.3 is 0 Å². The Morgan fingerprint density at radius 3 is 2.42 bits per heavy atom. The molecule has 1 aliphatic rings. The minimum Gasteiger partial charge on any atom is -0.295 e. The van der Waals surface area contributed by atoms with Gasteiger partial charge in [0.1, 0.15) is 0 Å². The summed E-state index contributed by atoms with van der Waals surface area (Å²) in [5.74, 6) is 1.79. The van der Waals surface area contributed by atoms with Crippen LogP contribution in [0.2, 0.25) is 0 Å². The maximum atomic E-state index is 12.4. The first kappa shape index (κ1) is 14.6. The SMILES string of the molecule is CC(=O)c1ccc(S(=O)(=O)N(C)C2CCSC2)cc1. The molecule has 104 valence electrons. The highest BCUT2D eigenvalue weighted by Crippen LogP contribution is 2.26. The van der Waals surface area contributed by atoms with Crippen LogP contribution >= 0.6 is 11.8 Å². The van der Waals surface area contributed by atoms with Gasteiger partial charge in [0.05, 0.1) is 4.90 Å². The van der Waals surface area contributed by atoms with Gasteiger partial charge in [-0.2, -0.15) is 16.1 Å². The summed E-state index contributed by atoms with van der Waals surface area (Å²) >= 11 is 1.78. The van der Waals surface area contributed by atoms with Crippen molar-refractivity contribution in [3.8, 4) is 0 Å². The quantitative estimate of drug-likeness (QED) is 0.798. The van der Waals surface area contributed by atoms with Crippen LogP contribution in [-0.4, -0.2) is 43.1 Å². The lowest BCUT2D eigenvalue weighted by atomic mass is 10.2. The second-order valence-electron chi connectivity index (χ2n) is 4.62. The number of thioether (sulfide) groups is 1. The summed E-state index contributed by atoms with van der Waals surface area (Å²) in [6.45, 7) is 1.46. The highest BCUT2D eigenvalue weighted by atomic mass is 32.2. The zero-order chi connectivity index (χ0) is 14.0. The summed E-state index contributed by atoms with van der Waals surface area (Å²) in [5.41, 5.74) is 0.526. The molecule has 0 N–H and O–H groups in total. The molecule has 1 aromatic rings. The number of Topliss-reactive ketones (excluding diaryl/α,β-unsaturated/α-hetero) is 1. The van der Waals surface area contributed by atoms with Gasteiger partial charge in [-0.25, -0.2) is 8.42 Å². The molecule has 1 atom stereocenters. The molecule has 0 spiro atoms. The van der Waals surface area contributed by atoms with Crippen LogP contribution in [0.1, 0.15) is 23.7 Å². The van der Waals surface area contributed by atoms with Crippen LogP contribution in [0.3, 0.4) is 0 Å². The summed E-state index contributed by atoms with van der Waals surface area (Å²) in [6.07, 6.45) is 0.895. The fourth-order valence-electron chi connectivity index (χ4n) is 2.03. The molecule has 0 aliphatic carbocycles. The summed E-state index contributed by atoms with van der Waals surface area (Å²) < 4.78 is 26.3. The summed E-state index contributed by atoms with van der Waals surface area (Å²) in [6, 6.07) is 6.20. The predicted octanol–water partition coefficient (Wildman–Crippen LogP) is 2.02. The van der Waals surface area contributed by atoms with E-state index in [0.717, 1.165) is 17.9 Å². The van der Waals surface area contributed by atoms with Crippen molar-refractivity contribution in [2.45, 2.75) is 24.3 Å². The molecule has 1 aromatic carbocycles. The van der Waals surface area contributed by atoms with Gasteiger partial charge in [-0.05, 0) is 31.2 Å². The Morgan fingerprint density at radius 2 is 1.95 bits per heavy atom. The molecular weight excluding hydrogens is 282 g/mol. The van der Waals surface area contributed by atoms with Gasteiger partial charge in [-0.15, -0.1) is 0 Å². The zero-order valence-corrected chi connectivity index (χ0v) is 12.6. The van der Waals surface area contributed by atoms with Crippen molar-refractivity contribution in [2.75, 3.05) is 18.6 Å². The number of carbonyl (C=O) groups is 1. The van der Waals surface area contributed by atoms with Crippen molar-refractivity contribution in [1.29, 1.82) is 0 Å². The number of sulfonamides is 1. The number of ketones is 1. The molecule has 2 rings (SSSR count). The first-order valence-electron chi connectivity index (χ1n) is 6.09. The first-order chi connectivity index (χ1) is 8.93. The maximum absolute atomic E-state index is 12.4. The van der Waals surface area contributed by atoms with Crippen LogP contribution in [0.4, 0.5) is 0 Å². The number of carbonyl (C=O) groups excluding carboxylic acids is 1. The monoisotopic (exact) mass is 299 g/mol. The maximum Gasteiger partial charge on any atom is 0.243 e. The average molecular weight is 299 g/mol. The molecule has 0 amide bonds. The van der Waals surface area contributed by atoms with Gasteiger partial charge in [-0.3, -0.25) is 4.79 Å². The van der Waals surface area contributed by atoms with Crippen LogP contribution in [0.15, 0.2) is 29.2 Å². The summed E-state index contributed by atoms with van der Waals surface area (Å²) in [5, 5.41) is 0. The van der Waals surface area contributed by atoms with Crippen LogP contribution < -0.4 is 0 Å². The van der Waals surface area contributed by atoms with Gasteiger partial charge in [0.25, 0.3) is 0 Å². The molecule has 0 saturated carbocycles. The van der Waals surface area contributed by atoms with E-state index in [1.807, 2.05) is 0 Å². The van der Waals surface area contributed by atoms with Crippen LogP contribution in [0.5, 0.6) is 0 Å². The Balaban J connectivity index is 2.25. The van der Waals surface area contributed by atoms with E-state index in [9.17, 15) is 13.2 Å². The number of nitrogens with zero attached hydrogens (tertiary/aromatic N) is 1. The van der Waals surface area contributed by atoms with E-state index in [1.54, 1.807) is 30.9 Å². The lowest BCUT2D eigenvalue weighted by molar-refractivity contribution is 0.101. The average Bonchev–Trinajstić information content (AvgIpc) is 2.91. The number of benzene rings is 1. The standard InChI is InChI=1S/C13H17NO3S2/c1-10(15)11-3-5-13(6-4-11)19(16,17)14(2)12-7-8-18-9-12/h3-6,12H,7-9H2,1-2H3. The minimum atomic E-state index is -3.46. The lowest BCUT2D eigenvalue weighted by Gasteiger charge is -2.23. The highest BCUT2D eigenvalue weighted by molar-refractivity contribution is 7.99. The third-order valence-corrected chi connectivity index (χ3v) is 6.43. The second kappa shape index (κ2) is 5.64. The fourth-order valence-corrected chi connectivity index (χ4v) is 4.78. The van der Waals surface area contributed by atoms with E-state index < -0.39 is 10.0 Å². The highest BCUT2D eigenvalue weighted by Gasteiger charge is 2.30. The summed E-state index contributed by atoms with van der Waals surface area (Å²) in [7, 11) is -1.83. The van der Waals surface area contributed by atoms with Crippen LogP contribution in [0, 0.1) is 0 Å². The van der Waals surface area contributed by atoms with Crippen molar-refractivity contribution in [3.05, 3.63) is 29.8 Å². The molecule has 1 aliphatic heterocycles. The van der Waals surface area contributed by atoms with Crippen LogP contribution in [-0.2, 0) is 10.0 Å². The van der Waals surface area contributed by atoms with Gasteiger partial charge in [0.2, 0.25) is 10.0 Å². The van der Waals surface area contributed by atoms with Crippen molar-refractivity contribution < 1.29 is 13.2 Å². The molecule has 1 saturated heterocycles. The molecule has 0 aromatic heterocycles. The van der Waals surface area contributed by atoms with E-state index in [2.05, 4.69) is 0 Å². The van der Waals surface area contributed by atoms with Gasteiger partial charge in [0, 0.05) is 24.4 Å². The molecule has 19 heavy (non-hydrogen) atoms. The van der Waals surface area contributed by atoms with Crippen molar-refractivity contribution in [3.63, 3.8) is 0 Å². The molecule has 0 bridgehead atoms. The van der Waals surface area contributed by atoms with E-state index >= 15 is 0 Å².